The first-order valence-corrected chi connectivity index (χ1v) is 3.76. The van der Waals surface area contributed by atoms with Crippen molar-refractivity contribution in [2.75, 3.05) is 0 Å². The highest BCUT2D eigenvalue weighted by Crippen LogP contribution is 2.05. The maximum Gasteiger partial charge on any atom is 0.234 e. The lowest BCUT2D eigenvalue weighted by Crippen LogP contribution is -2.00. The van der Waals surface area contributed by atoms with Gasteiger partial charge in [-0.05, 0) is 18.2 Å². The van der Waals surface area contributed by atoms with Crippen LogP contribution in [-0.4, -0.2) is 14.5 Å². The quantitative estimate of drug-likeness (QED) is 0.644. The molecule has 0 aromatic carbocycles. The molecule has 0 amide bonds. The number of hydrogen-bond donors (Lipinski definition) is 0. The molecule has 0 saturated carbocycles. The van der Waals surface area contributed by atoms with Crippen molar-refractivity contribution in [3.63, 3.8) is 0 Å². The third-order valence-electron chi connectivity index (χ3n) is 1.63. The van der Waals surface area contributed by atoms with Crippen molar-refractivity contribution in [2.45, 2.75) is 0 Å². The Hall–Kier alpha value is -2.15. The molecule has 0 N–H and O–H groups in total. The maximum atomic E-state index is 8.74. The molecule has 0 aliphatic rings. The van der Waals surface area contributed by atoms with Crippen LogP contribution >= 0.6 is 0 Å². The Morgan fingerprint density at radius 1 is 1.23 bits per heavy atom. The van der Waals surface area contributed by atoms with Crippen LogP contribution in [0.5, 0.6) is 0 Å². The van der Waals surface area contributed by atoms with E-state index in [9.17, 15) is 0 Å². The van der Waals surface area contributed by atoms with Crippen LogP contribution in [0.4, 0.5) is 0 Å². The van der Waals surface area contributed by atoms with Gasteiger partial charge in [0.05, 0.1) is 0 Å². The van der Waals surface area contributed by atoms with Gasteiger partial charge in [0.15, 0.2) is 0 Å². The van der Waals surface area contributed by atoms with Gasteiger partial charge in [-0.3, -0.25) is 4.57 Å². The van der Waals surface area contributed by atoms with E-state index < -0.39 is 0 Å². The van der Waals surface area contributed by atoms with Gasteiger partial charge in [0.2, 0.25) is 5.95 Å². The van der Waals surface area contributed by atoms with E-state index in [1.165, 1.54) is 0 Å². The highest BCUT2D eigenvalue weighted by Gasteiger charge is 2.02. The lowest BCUT2D eigenvalue weighted by molar-refractivity contribution is 0.922. The van der Waals surface area contributed by atoms with Crippen molar-refractivity contribution in [1.29, 1.82) is 5.26 Å². The molecule has 2 aromatic heterocycles. The second-order valence-corrected chi connectivity index (χ2v) is 2.42. The number of nitriles is 1. The van der Waals surface area contributed by atoms with Gasteiger partial charge in [0.1, 0.15) is 11.8 Å². The molecule has 0 aliphatic carbocycles. The molecule has 0 spiro atoms. The van der Waals surface area contributed by atoms with E-state index >= 15 is 0 Å². The van der Waals surface area contributed by atoms with Crippen LogP contribution in [0, 0.1) is 11.3 Å². The summed E-state index contributed by atoms with van der Waals surface area (Å²) in [6, 6.07) is 7.30. The Morgan fingerprint density at radius 3 is 2.69 bits per heavy atom. The second kappa shape index (κ2) is 3.07. The topological polar surface area (TPSA) is 54.5 Å². The SMILES string of the molecule is N#Cc1cccn1-c1ncccn1. The van der Waals surface area contributed by atoms with E-state index in [4.69, 9.17) is 5.26 Å². The summed E-state index contributed by atoms with van der Waals surface area (Å²) in [4.78, 5) is 8.06. The first-order valence-electron chi connectivity index (χ1n) is 3.76. The summed E-state index contributed by atoms with van der Waals surface area (Å²) < 4.78 is 1.64. The van der Waals surface area contributed by atoms with Gasteiger partial charge >= 0.3 is 0 Å². The molecular weight excluding hydrogens is 164 g/mol. The highest BCUT2D eigenvalue weighted by molar-refractivity contribution is 5.29. The first-order chi connectivity index (χ1) is 6.42. The summed E-state index contributed by atoms with van der Waals surface area (Å²) in [6.45, 7) is 0. The van der Waals surface area contributed by atoms with E-state index in [0.717, 1.165) is 0 Å². The molecule has 0 saturated heterocycles. The molecule has 0 aliphatic heterocycles. The summed E-state index contributed by atoms with van der Waals surface area (Å²) in [5, 5.41) is 8.74. The molecular formula is C9H6N4. The van der Waals surface area contributed by atoms with Crippen LogP contribution in [0.2, 0.25) is 0 Å². The third kappa shape index (κ3) is 1.27. The van der Waals surface area contributed by atoms with Gasteiger partial charge in [-0.25, -0.2) is 9.97 Å². The zero-order valence-corrected chi connectivity index (χ0v) is 6.75. The Balaban J connectivity index is 2.54. The first kappa shape index (κ1) is 7.50. The van der Waals surface area contributed by atoms with E-state index in [0.29, 0.717) is 11.6 Å². The zero-order chi connectivity index (χ0) is 9.10. The van der Waals surface area contributed by atoms with Crippen molar-refractivity contribution >= 4 is 0 Å². The van der Waals surface area contributed by atoms with Gasteiger partial charge in [-0.1, -0.05) is 0 Å². The average Bonchev–Trinajstić information content (AvgIpc) is 2.67. The predicted molar refractivity (Wildman–Crippen MR) is 46.1 cm³/mol. The van der Waals surface area contributed by atoms with E-state index in [2.05, 4.69) is 16.0 Å². The molecule has 0 fully saturated rings. The molecule has 0 atom stereocenters. The molecule has 4 nitrogen and oxygen atoms in total. The third-order valence-corrected chi connectivity index (χ3v) is 1.63. The molecule has 2 aromatic rings. The minimum Gasteiger partial charge on any atom is -0.276 e. The standard InChI is InChI=1S/C9H6N4/c10-7-8-3-1-6-13(8)9-11-4-2-5-12-9/h1-6H. The van der Waals surface area contributed by atoms with Crippen molar-refractivity contribution in [3.05, 3.63) is 42.5 Å². The number of hydrogen-bond acceptors (Lipinski definition) is 3. The predicted octanol–water partition coefficient (Wildman–Crippen LogP) is 1.14. The van der Waals surface area contributed by atoms with Crippen LogP contribution in [-0.2, 0) is 0 Å². The molecule has 13 heavy (non-hydrogen) atoms. The van der Waals surface area contributed by atoms with Gasteiger partial charge in [0.25, 0.3) is 0 Å². The van der Waals surface area contributed by atoms with E-state index in [1.807, 2.05) is 0 Å². The fraction of sp³-hybridized carbons (Fsp3) is 0. The summed E-state index contributed by atoms with van der Waals surface area (Å²) in [7, 11) is 0. The molecule has 0 radical (unpaired) electrons. The van der Waals surface area contributed by atoms with E-state index in [-0.39, 0.29) is 0 Å². The molecule has 2 heterocycles. The Labute approximate surface area is 75.1 Å². The lowest BCUT2D eigenvalue weighted by atomic mass is 10.5. The smallest absolute Gasteiger partial charge is 0.234 e. The fourth-order valence-corrected chi connectivity index (χ4v) is 1.06. The van der Waals surface area contributed by atoms with Crippen molar-refractivity contribution in [1.82, 2.24) is 14.5 Å². The van der Waals surface area contributed by atoms with Crippen LogP contribution in [0.15, 0.2) is 36.8 Å². The van der Waals surface area contributed by atoms with Crippen LogP contribution in [0.25, 0.3) is 5.95 Å². The molecule has 2 rings (SSSR count). The second-order valence-electron chi connectivity index (χ2n) is 2.42. The van der Waals surface area contributed by atoms with Crippen LogP contribution in [0.1, 0.15) is 5.69 Å². The number of nitrogens with zero attached hydrogens (tertiary/aromatic N) is 4. The van der Waals surface area contributed by atoms with E-state index in [1.54, 1.807) is 41.4 Å². The molecule has 62 valence electrons. The van der Waals surface area contributed by atoms with Crippen molar-refractivity contribution < 1.29 is 0 Å². The lowest BCUT2D eigenvalue weighted by Gasteiger charge is -1.99. The largest absolute Gasteiger partial charge is 0.276 e. The molecule has 0 bridgehead atoms. The molecule has 4 heteroatoms. The van der Waals surface area contributed by atoms with Crippen LogP contribution < -0.4 is 0 Å². The van der Waals surface area contributed by atoms with Gasteiger partial charge in [-0.2, -0.15) is 5.26 Å². The summed E-state index contributed by atoms with van der Waals surface area (Å²) in [6.07, 6.45) is 5.04. The maximum absolute atomic E-state index is 8.74. The Kier molecular flexibility index (Phi) is 1.77. The van der Waals surface area contributed by atoms with Crippen molar-refractivity contribution in [2.24, 2.45) is 0 Å². The van der Waals surface area contributed by atoms with Crippen molar-refractivity contribution in [3.8, 4) is 12.0 Å². The van der Waals surface area contributed by atoms with Gasteiger partial charge in [0, 0.05) is 18.6 Å². The Bertz CT molecular complexity index is 438. The normalized spacial score (nSPS) is 9.46. The Morgan fingerprint density at radius 2 is 2.00 bits per heavy atom. The average molecular weight is 170 g/mol. The summed E-state index contributed by atoms with van der Waals surface area (Å²) in [5.41, 5.74) is 0.534. The van der Waals surface area contributed by atoms with Crippen LogP contribution in [0.3, 0.4) is 0 Å². The van der Waals surface area contributed by atoms with Gasteiger partial charge < -0.3 is 0 Å². The zero-order valence-electron chi connectivity index (χ0n) is 6.75. The molecule has 0 unspecified atom stereocenters. The number of aromatic nitrogens is 3. The fourth-order valence-electron chi connectivity index (χ4n) is 1.06. The number of rotatable bonds is 1. The highest BCUT2D eigenvalue weighted by atomic mass is 15.1. The minimum atomic E-state index is 0.518. The monoisotopic (exact) mass is 170 g/mol. The summed E-state index contributed by atoms with van der Waals surface area (Å²) in [5.74, 6) is 0.518. The summed E-state index contributed by atoms with van der Waals surface area (Å²) >= 11 is 0. The minimum absolute atomic E-state index is 0.518. The van der Waals surface area contributed by atoms with Gasteiger partial charge in [-0.15, -0.1) is 0 Å².